The summed E-state index contributed by atoms with van der Waals surface area (Å²) in [6.45, 7) is 2.67. The van der Waals surface area contributed by atoms with Gasteiger partial charge in [0.05, 0.1) is 19.1 Å². The van der Waals surface area contributed by atoms with Crippen molar-refractivity contribution in [2.24, 2.45) is 0 Å². The Morgan fingerprint density at radius 2 is 1.94 bits per heavy atom. The maximum Gasteiger partial charge on any atom is 0.163 e. The van der Waals surface area contributed by atoms with E-state index in [1.165, 1.54) is 5.56 Å². The molecule has 0 saturated carbocycles. The minimum atomic E-state index is 0.771. The molecule has 84 valence electrons. The second-order valence-corrected chi connectivity index (χ2v) is 3.98. The Balaban J connectivity index is 2.03. The van der Waals surface area contributed by atoms with Gasteiger partial charge in [-0.1, -0.05) is 30.3 Å². The average Bonchev–Trinajstić information content (AvgIpc) is 2.73. The lowest BCUT2D eigenvalue weighted by atomic mass is 10.2. The molecule has 0 spiro atoms. The van der Waals surface area contributed by atoms with E-state index in [1.54, 1.807) is 6.20 Å². The molecule has 3 rings (SSSR count). The van der Waals surface area contributed by atoms with Crippen molar-refractivity contribution < 1.29 is 0 Å². The lowest BCUT2D eigenvalue weighted by molar-refractivity contribution is 0.810. The first kappa shape index (κ1) is 9.96. The molecule has 0 N–H and O–H groups in total. The first-order valence-electron chi connectivity index (χ1n) is 5.51. The Kier molecular flexibility index (Phi) is 2.33. The molecule has 0 radical (unpaired) electrons. The van der Waals surface area contributed by atoms with Crippen LogP contribution in [0.5, 0.6) is 0 Å². The normalized spacial score (nSPS) is 10.9. The molecule has 0 aliphatic carbocycles. The van der Waals surface area contributed by atoms with Gasteiger partial charge in [0.2, 0.25) is 0 Å². The van der Waals surface area contributed by atoms with E-state index >= 15 is 0 Å². The van der Waals surface area contributed by atoms with Crippen molar-refractivity contribution in [3.05, 3.63) is 54.2 Å². The molecule has 0 unspecified atom stereocenters. The van der Waals surface area contributed by atoms with Crippen LogP contribution in [-0.2, 0) is 6.54 Å². The van der Waals surface area contributed by atoms with Crippen LogP contribution < -0.4 is 0 Å². The Morgan fingerprint density at radius 1 is 1.12 bits per heavy atom. The van der Waals surface area contributed by atoms with E-state index in [0.29, 0.717) is 0 Å². The van der Waals surface area contributed by atoms with Gasteiger partial charge in [-0.15, -0.1) is 0 Å². The van der Waals surface area contributed by atoms with Gasteiger partial charge in [0, 0.05) is 0 Å². The third-order valence-electron chi connectivity index (χ3n) is 2.67. The lowest BCUT2D eigenvalue weighted by Crippen LogP contribution is -2.00. The van der Waals surface area contributed by atoms with Gasteiger partial charge in [0.25, 0.3) is 0 Å². The molecule has 4 heteroatoms. The monoisotopic (exact) mass is 224 g/mol. The second-order valence-electron chi connectivity index (χ2n) is 3.98. The minimum absolute atomic E-state index is 0.771. The summed E-state index contributed by atoms with van der Waals surface area (Å²) >= 11 is 0. The smallest absolute Gasteiger partial charge is 0.163 e. The number of imidazole rings is 1. The zero-order valence-corrected chi connectivity index (χ0v) is 9.54. The van der Waals surface area contributed by atoms with E-state index in [4.69, 9.17) is 0 Å². The molecule has 1 aromatic carbocycles. The van der Waals surface area contributed by atoms with E-state index in [9.17, 15) is 0 Å². The standard InChI is InChI=1S/C13H12N4/c1-10-14-7-12-13(16-10)17(9-15-12)8-11-5-3-2-4-6-11/h2-7,9H,8H2,1H3. The first-order valence-corrected chi connectivity index (χ1v) is 5.51. The number of fused-ring (bicyclic) bond motifs is 1. The van der Waals surface area contributed by atoms with Crippen molar-refractivity contribution >= 4 is 11.2 Å². The highest BCUT2D eigenvalue weighted by Gasteiger charge is 2.05. The molecule has 0 aliphatic heterocycles. The summed E-state index contributed by atoms with van der Waals surface area (Å²) in [5, 5.41) is 0. The molecule has 17 heavy (non-hydrogen) atoms. The van der Waals surface area contributed by atoms with Gasteiger partial charge in [0.15, 0.2) is 5.65 Å². The van der Waals surface area contributed by atoms with Gasteiger partial charge in [-0.05, 0) is 12.5 Å². The third kappa shape index (κ3) is 1.89. The molecule has 0 fully saturated rings. The fraction of sp³-hybridized carbons (Fsp3) is 0.154. The molecular weight excluding hydrogens is 212 g/mol. The van der Waals surface area contributed by atoms with Crippen LogP contribution in [0.4, 0.5) is 0 Å². The van der Waals surface area contributed by atoms with Crippen LogP contribution >= 0.6 is 0 Å². The van der Waals surface area contributed by atoms with Gasteiger partial charge in [-0.2, -0.15) is 0 Å². The van der Waals surface area contributed by atoms with Crippen molar-refractivity contribution in [3.8, 4) is 0 Å². The topological polar surface area (TPSA) is 43.6 Å². The van der Waals surface area contributed by atoms with Crippen molar-refractivity contribution in [1.82, 2.24) is 19.5 Å². The molecule has 2 heterocycles. The highest BCUT2D eigenvalue weighted by atomic mass is 15.1. The van der Waals surface area contributed by atoms with E-state index in [1.807, 2.05) is 36.0 Å². The fourth-order valence-electron chi connectivity index (χ4n) is 1.84. The fourth-order valence-corrected chi connectivity index (χ4v) is 1.84. The van der Waals surface area contributed by atoms with Gasteiger partial charge in [-0.25, -0.2) is 15.0 Å². The largest absolute Gasteiger partial charge is 0.311 e. The predicted molar refractivity (Wildman–Crippen MR) is 65.6 cm³/mol. The van der Waals surface area contributed by atoms with Crippen LogP contribution in [0.15, 0.2) is 42.9 Å². The Morgan fingerprint density at radius 3 is 2.76 bits per heavy atom. The number of rotatable bonds is 2. The SMILES string of the molecule is Cc1ncc2ncn(Cc3ccccc3)c2n1. The zero-order chi connectivity index (χ0) is 11.7. The third-order valence-corrected chi connectivity index (χ3v) is 2.67. The maximum absolute atomic E-state index is 4.42. The number of aromatic nitrogens is 4. The molecule has 0 bridgehead atoms. The quantitative estimate of drug-likeness (QED) is 0.670. The van der Waals surface area contributed by atoms with Crippen molar-refractivity contribution in [2.75, 3.05) is 0 Å². The highest BCUT2D eigenvalue weighted by Crippen LogP contribution is 2.11. The van der Waals surface area contributed by atoms with Crippen molar-refractivity contribution in [3.63, 3.8) is 0 Å². The van der Waals surface area contributed by atoms with E-state index in [0.717, 1.165) is 23.5 Å². The Hall–Kier alpha value is -2.23. The van der Waals surface area contributed by atoms with Crippen LogP contribution in [-0.4, -0.2) is 19.5 Å². The molecule has 0 atom stereocenters. The van der Waals surface area contributed by atoms with Crippen LogP contribution in [0.3, 0.4) is 0 Å². The Bertz CT molecular complexity index is 643. The van der Waals surface area contributed by atoms with E-state index < -0.39 is 0 Å². The first-order chi connectivity index (χ1) is 8.33. The number of hydrogen-bond donors (Lipinski definition) is 0. The summed E-state index contributed by atoms with van der Waals surface area (Å²) in [7, 11) is 0. The summed E-state index contributed by atoms with van der Waals surface area (Å²) in [6.07, 6.45) is 3.57. The highest BCUT2D eigenvalue weighted by molar-refractivity contribution is 5.69. The van der Waals surface area contributed by atoms with Gasteiger partial charge in [0.1, 0.15) is 11.3 Å². The maximum atomic E-state index is 4.42. The summed E-state index contributed by atoms with van der Waals surface area (Å²) in [5.74, 6) is 0.771. The zero-order valence-electron chi connectivity index (χ0n) is 9.54. The predicted octanol–water partition coefficient (Wildman–Crippen LogP) is 2.18. The molecule has 0 aliphatic rings. The molecule has 3 aromatic rings. The molecule has 4 nitrogen and oxygen atoms in total. The molecule has 0 amide bonds. The van der Waals surface area contributed by atoms with Gasteiger partial charge >= 0.3 is 0 Å². The van der Waals surface area contributed by atoms with Crippen LogP contribution in [0.25, 0.3) is 11.2 Å². The number of aryl methyl sites for hydroxylation is 1. The summed E-state index contributed by atoms with van der Waals surface area (Å²) < 4.78 is 2.04. The minimum Gasteiger partial charge on any atom is -0.311 e. The van der Waals surface area contributed by atoms with Crippen LogP contribution in [0.1, 0.15) is 11.4 Å². The number of benzene rings is 1. The molecule has 0 saturated heterocycles. The number of nitrogens with zero attached hydrogens (tertiary/aromatic N) is 4. The number of hydrogen-bond acceptors (Lipinski definition) is 3. The van der Waals surface area contributed by atoms with Gasteiger partial charge in [-0.3, -0.25) is 0 Å². The lowest BCUT2D eigenvalue weighted by Gasteiger charge is -2.03. The second kappa shape index (κ2) is 3.97. The summed E-state index contributed by atoms with van der Waals surface area (Å²) in [4.78, 5) is 12.9. The molecular formula is C13H12N4. The van der Waals surface area contributed by atoms with Crippen molar-refractivity contribution in [2.45, 2.75) is 13.5 Å². The molecule has 2 aromatic heterocycles. The summed E-state index contributed by atoms with van der Waals surface area (Å²) in [6, 6.07) is 10.3. The average molecular weight is 224 g/mol. The van der Waals surface area contributed by atoms with E-state index in [-0.39, 0.29) is 0 Å². The van der Waals surface area contributed by atoms with E-state index in [2.05, 4.69) is 27.1 Å². The van der Waals surface area contributed by atoms with Crippen LogP contribution in [0, 0.1) is 6.92 Å². The Labute approximate surface area is 99.0 Å². The van der Waals surface area contributed by atoms with Crippen molar-refractivity contribution in [1.29, 1.82) is 0 Å². The summed E-state index contributed by atoms with van der Waals surface area (Å²) in [5.41, 5.74) is 2.97. The van der Waals surface area contributed by atoms with Gasteiger partial charge < -0.3 is 4.57 Å². The van der Waals surface area contributed by atoms with Crippen LogP contribution in [0.2, 0.25) is 0 Å².